The third kappa shape index (κ3) is 3.21. The Morgan fingerprint density at radius 3 is 2.14 bits per heavy atom. The second-order valence-electron chi connectivity index (χ2n) is 8.25. The van der Waals surface area contributed by atoms with Gasteiger partial charge in [0.2, 0.25) is 0 Å². The SMILES string of the molecule is CC=CC(=CC)c1ccc(N(C)c2ccc3c(c2)C(C)(C)c2ccccc2-3)cc1. The Balaban J connectivity index is 1.68. The predicted molar refractivity (Wildman–Crippen MR) is 127 cm³/mol. The largest absolute Gasteiger partial charge is 0.345 e. The molecular weight excluding hydrogens is 350 g/mol. The highest BCUT2D eigenvalue weighted by Crippen LogP contribution is 2.49. The summed E-state index contributed by atoms with van der Waals surface area (Å²) in [5.41, 5.74) is 10.5. The lowest BCUT2D eigenvalue weighted by atomic mass is 9.82. The van der Waals surface area contributed by atoms with Gasteiger partial charge >= 0.3 is 0 Å². The van der Waals surface area contributed by atoms with E-state index in [1.54, 1.807) is 0 Å². The molecule has 146 valence electrons. The van der Waals surface area contributed by atoms with Crippen LogP contribution in [0, 0.1) is 0 Å². The molecule has 4 rings (SSSR count). The fraction of sp³-hybridized carbons (Fsp3) is 0.214. The van der Waals surface area contributed by atoms with E-state index in [-0.39, 0.29) is 5.41 Å². The van der Waals surface area contributed by atoms with Crippen LogP contribution >= 0.6 is 0 Å². The van der Waals surface area contributed by atoms with Crippen molar-refractivity contribution in [3.8, 4) is 11.1 Å². The third-order valence-electron chi connectivity index (χ3n) is 6.20. The van der Waals surface area contributed by atoms with Gasteiger partial charge in [0, 0.05) is 23.8 Å². The lowest BCUT2D eigenvalue weighted by Crippen LogP contribution is -2.16. The van der Waals surface area contributed by atoms with Gasteiger partial charge in [-0.05, 0) is 71.5 Å². The van der Waals surface area contributed by atoms with Gasteiger partial charge in [-0.15, -0.1) is 0 Å². The Kier molecular flexibility index (Phi) is 4.92. The molecule has 3 aromatic rings. The fourth-order valence-corrected chi connectivity index (χ4v) is 4.47. The van der Waals surface area contributed by atoms with Crippen LogP contribution in [0.1, 0.15) is 44.4 Å². The van der Waals surface area contributed by atoms with E-state index in [1.807, 2.05) is 0 Å². The topological polar surface area (TPSA) is 3.24 Å². The zero-order valence-corrected chi connectivity index (χ0v) is 18.0. The Hall–Kier alpha value is -3.06. The van der Waals surface area contributed by atoms with Crippen LogP contribution in [0.25, 0.3) is 16.7 Å². The number of fused-ring (bicyclic) bond motifs is 3. The molecule has 0 N–H and O–H groups in total. The Labute approximate surface area is 175 Å². The first-order valence-corrected chi connectivity index (χ1v) is 10.3. The number of hydrogen-bond donors (Lipinski definition) is 0. The molecule has 0 bridgehead atoms. The van der Waals surface area contributed by atoms with Gasteiger partial charge in [-0.3, -0.25) is 0 Å². The van der Waals surface area contributed by atoms with Crippen LogP contribution in [0.4, 0.5) is 11.4 Å². The summed E-state index contributed by atoms with van der Waals surface area (Å²) in [7, 11) is 2.15. The minimum Gasteiger partial charge on any atom is -0.345 e. The monoisotopic (exact) mass is 379 g/mol. The van der Waals surface area contributed by atoms with Gasteiger partial charge in [-0.2, -0.15) is 0 Å². The Bertz CT molecular complexity index is 1100. The summed E-state index contributed by atoms with van der Waals surface area (Å²) in [6, 6.07) is 24.5. The molecule has 1 aliphatic rings. The van der Waals surface area contributed by atoms with Crippen molar-refractivity contribution < 1.29 is 0 Å². The number of rotatable bonds is 4. The zero-order chi connectivity index (χ0) is 20.6. The van der Waals surface area contributed by atoms with Gasteiger partial charge in [0.05, 0.1) is 0 Å². The molecule has 0 aliphatic heterocycles. The summed E-state index contributed by atoms with van der Waals surface area (Å²) in [5.74, 6) is 0. The molecular formula is C28H29N. The third-order valence-corrected chi connectivity index (χ3v) is 6.20. The van der Waals surface area contributed by atoms with E-state index in [2.05, 4.69) is 125 Å². The maximum Gasteiger partial charge on any atom is 0.0411 e. The van der Waals surface area contributed by atoms with Crippen molar-refractivity contribution in [1.29, 1.82) is 0 Å². The summed E-state index contributed by atoms with van der Waals surface area (Å²) in [4.78, 5) is 2.27. The highest BCUT2D eigenvalue weighted by atomic mass is 15.1. The van der Waals surface area contributed by atoms with Crippen molar-refractivity contribution in [3.05, 3.63) is 102 Å². The first-order valence-electron chi connectivity index (χ1n) is 10.3. The molecule has 1 aliphatic carbocycles. The van der Waals surface area contributed by atoms with Crippen LogP contribution in [-0.4, -0.2) is 7.05 Å². The molecule has 0 saturated carbocycles. The molecule has 0 unspecified atom stereocenters. The van der Waals surface area contributed by atoms with Crippen molar-refractivity contribution >= 4 is 16.9 Å². The fourth-order valence-electron chi connectivity index (χ4n) is 4.47. The number of benzene rings is 3. The second-order valence-corrected chi connectivity index (χ2v) is 8.25. The quantitative estimate of drug-likeness (QED) is 0.419. The average Bonchev–Trinajstić information content (AvgIpc) is 2.99. The molecule has 0 amide bonds. The van der Waals surface area contributed by atoms with E-state index in [1.165, 1.54) is 44.8 Å². The maximum atomic E-state index is 2.36. The van der Waals surface area contributed by atoms with Gasteiger partial charge in [0.15, 0.2) is 0 Å². The molecule has 0 aromatic heterocycles. The van der Waals surface area contributed by atoms with Gasteiger partial charge in [-0.1, -0.05) is 74.5 Å². The highest BCUT2D eigenvalue weighted by Gasteiger charge is 2.35. The van der Waals surface area contributed by atoms with E-state index in [0.29, 0.717) is 0 Å². The van der Waals surface area contributed by atoms with Gasteiger partial charge in [0.1, 0.15) is 0 Å². The van der Waals surface area contributed by atoms with Crippen molar-refractivity contribution in [2.24, 2.45) is 0 Å². The predicted octanol–water partition coefficient (Wildman–Crippen LogP) is 7.74. The first-order chi connectivity index (χ1) is 14.0. The zero-order valence-electron chi connectivity index (χ0n) is 18.0. The van der Waals surface area contributed by atoms with Crippen molar-refractivity contribution in [2.75, 3.05) is 11.9 Å². The van der Waals surface area contributed by atoms with Crippen LogP contribution in [0.3, 0.4) is 0 Å². The standard InChI is InChI=1S/C28H29N/c1-6-10-20(7-2)21-13-15-22(16-14-21)29(5)23-17-18-25-24-11-8-9-12-26(24)28(3,4)27(25)19-23/h6-19H,1-5H3. The number of anilines is 2. The molecule has 1 heteroatoms. The molecule has 0 heterocycles. The normalized spacial score (nSPS) is 14.7. The molecule has 0 spiro atoms. The molecule has 0 atom stereocenters. The van der Waals surface area contributed by atoms with Crippen LogP contribution in [-0.2, 0) is 5.41 Å². The Morgan fingerprint density at radius 1 is 0.793 bits per heavy atom. The second kappa shape index (κ2) is 7.40. The minimum absolute atomic E-state index is 0.0277. The van der Waals surface area contributed by atoms with Crippen LogP contribution < -0.4 is 4.90 Å². The van der Waals surface area contributed by atoms with Crippen molar-refractivity contribution in [1.82, 2.24) is 0 Å². The molecule has 29 heavy (non-hydrogen) atoms. The lowest BCUT2D eigenvalue weighted by molar-refractivity contribution is 0.660. The van der Waals surface area contributed by atoms with E-state index < -0.39 is 0 Å². The molecule has 3 aromatic carbocycles. The summed E-state index contributed by atoms with van der Waals surface area (Å²) >= 11 is 0. The Morgan fingerprint density at radius 2 is 1.45 bits per heavy atom. The van der Waals surface area contributed by atoms with Gasteiger partial charge < -0.3 is 4.90 Å². The summed E-state index contributed by atoms with van der Waals surface area (Å²) in [5, 5.41) is 0. The molecule has 0 radical (unpaired) electrons. The molecule has 0 fully saturated rings. The van der Waals surface area contributed by atoms with Crippen LogP contribution in [0.15, 0.2) is 85.0 Å². The van der Waals surface area contributed by atoms with E-state index in [4.69, 9.17) is 0 Å². The van der Waals surface area contributed by atoms with Crippen molar-refractivity contribution in [3.63, 3.8) is 0 Å². The molecule has 1 nitrogen and oxygen atoms in total. The minimum atomic E-state index is 0.0277. The summed E-state index contributed by atoms with van der Waals surface area (Å²) in [6.45, 7) is 8.80. The van der Waals surface area contributed by atoms with E-state index in [0.717, 1.165) is 0 Å². The van der Waals surface area contributed by atoms with Gasteiger partial charge in [-0.25, -0.2) is 0 Å². The van der Waals surface area contributed by atoms with Crippen LogP contribution in [0.5, 0.6) is 0 Å². The van der Waals surface area contributed by atoms with E-state index in [9.17, 15) is 0 Å². The smallest absolute Gasteiger partial charge is 0.0411 e. The maximum absolute atomic E-state index is 2.36. The molecule has 0 saturated heterocycles. The number of allylic oxidation sites excluding steroid dienone is 4. The summed E-state index contributed by atoms with van der Waals surface area (Å²) < 4.78 is 0. The van der Waals surface area contributed by atoms with Crippen LogP contribution in [0.2, 0.25) is 0 Å². The van der Waals surface area contributed by atoms with Crippen molar-refractivity contribution in [2.45, 2.75) is 33.1 Å². The number of nitrogens with zero attached hydrogens (tertiary/aromatic N) is 1. The summed E-state index contributed by atoms with van der Waals surface area (Å²) in [6.07, 6.45) is 6.39. The van der Waals surface area contributed by atoms with E-state index >= 15 is 0 Å². The lowest BCUT2D eigenvalue weighted by Gasteiger charge is -2.25. The first kappa shape index (κ1) is 19.3. The van der Waals surface area contributed by atoms with Gasteiger partial charge in [0.25, 0.3) is 0 Å². The average molecular weight is 380 g/mol. The number of hydrogen-bond acceptors (Lipinski definition) is 1. The highest BCUT2D eigenvalue weighted by molar-refractivity contribution is 5.83.